The number of allylic oxidation sites excluding steroid dienone is 1. The van der Waals surface area contributed by atoms with Crippen molar-refractivity contribution in [3.05, 3.63) is 12.2 Å². The Labute approximate surface area is 150 Å². The predicted molar refractivity (Wildman–Crippen MR) is 103 cm³/mol. The molecule has 3 nitrogen and oxygen atoms in total. The van der Waals surface area contributed by atoms with Crippen molar-refractivity contribution >= 4 is 0 Å². The molecule has 0 aromatic carbocycles. The SMILES string of the molecule is CCCCCCCOC(CC/C=C/CCO)OCCCCCCC. The summed E-state index contributed by atoms with van der Waals surface area (Å²) in [5.41, 5.74) is 0. The van der Waals surface area contributed by atoms with E-state index < -0.39 is 0 Å². The highest BCUT2D eigenvalue weighted by molar-refractivity contribution is 4.81. The van der Waals surface area contributed by atoms with Gasteiger partial charge < -0.3 is 14.6 Å². The molecule has 1 N–H and O–H groups in total. The Morgan fingerprint density at radius 1 is 0.708 bits per heavy atom. The Hall–Kier alpha value is -0.380. The summed E-state index contributed by atoms with van der Waals surface area (Å²) >= 11 is 0. The predicted octanol–water partition coefficient (Wildman–Crippen LogP) is 6.01. The summed E-state index contributed by atoms with van der Waals surface area (Å²) in [6.45, 7) is 6.33. The molecule has 0 bridgehead atoms. The van der Waals surface area contributed by atoms with Gasteiger partial charge in [-0.05, 0) is 25.7 Å². The Balaban J connectivity index is 3.82. The first-order valence-corrected chi connectivity index (χ1v) is 10.3. The zero-order valence-corrected chi connectivity index (χ0v) is 16.3. The molecule has 0 aromatic rings. The van der Waals surface area contributed by atoms with Gasteiger partial charge in [0.15, 0.2) is 6.29 Å². The molecule has 0 aliphatic rings. The molecule has 3 heteroatoms. The molecule has 0 unspecified atom stereocenters. The fraction of sp³-hybridized carbons (Fsp3) is 0.905. The van der Waals surface area contributed by atoms with Gasteiger partial charge in [-0.1, -0.05) is 77.4 Å². The average Bonchev–Trinajstić information content (AvgIpc) is 2.60. The van der Waals surface area contributed by atoms with Crippen LogP contribution < -0.4 is 0 Å². The lowest BCUT2D eigenvalue weighted by atomic mass is 10.2. The highest BCUT2D eigenvalue weighted by Gasteiger charge is 2.08. The van der Waals surface area contributed by atoms with Gasteiger partial charge in [-0.25, -0.2) is 0 Å². The minimum absolute atomic E-state index is 0.0684. The number of rotatable bonds is 19. The summed E-state index contributed by atoms with van der Waals surface area (Å²) in [5, 5.41) is 8.78. The van der Waals surface area contributed by atoms with Crippen LogP contribution in [0, 0.1) is 0 Å². The van der Waals surface area contributed by atoms with Crippen molar-refractivity contribution in [1.29, 1.82) is 0 Å². The molecule has 0 aliphatic carbocycles. The van der Waals surface area contributed by atoms with Crippen molar-refractivity contribution in [3.8, 4) is 0 Å². The van der Waals surface area contributed by atoms with Gasteiger partial charge in [0.25, 0.3) is 0 Å². The van der Waals surface area contributed by atoms with Crippen molar-refractivity contribution in [1.82, 2.24) is 0 Å². The summed E-state index contributed by atoms with van der Waals surface area (Å²) in [6.07, 6.45) is 19.3. The Kier molecular flexibility index (Phi) is 20.3. The first-order chi connectivity index (χ1) is 11.8. The molecule has 0 aliphatic heterocycles. The first-order valence-electron chi connectivity index (χ1n) is 10.3. The highest BCUT2D eigenvalue weighted by Crippen LogP contribution is 2.10. The van der Waals surface area contributed by atoms with Crippen molar-refractivity contribution in [2.45, 2.75) is 104 Å². The van der Waals surface area contributed by atoms with Gasteiger partial charge >= 0.3 is 0 Å². The standard InChI is InChI=1S/C21H42O3/c1-3-5-7-11-15-19-23-21(17-13-9-10-14-18-22)24-20-16-12-8-6-4-2/h9-10,21-22H,3-8,11-20H2,1-2H3/b10-9+. The molecular formula is C21H42O3. The number of hydrogen-bond donors (Lipinski definition) is 1. The zero-order chi connectivity index (χ0) is 17.7. The van der Waals surface area contributed by atoms with Gasteiger partial charge in [0.05, 0.1) is 0 Å². The number of hydrogen-bond acceptors (Lipinski definition) is 3. The molecule has 0 aromatic heterocycles. The second-order valence-corrected chi connectivity index (χ2v) is 6.56. The van der Waals surface area contributed by atoms with Crippen molar-refractivity contribution in [2.24, 2.45) is 0 Å². The van der Waals surface area contributed by atoms with E-state index in [4.69, 9.17) is 14.6 Å². The smallest absolute Gasteiger partial charge is 0.157 e. The van der Waals surface area contributed by atoms with Crippen LogP contribution in [-0.2, 0) is 9.47 Å². The molecule has 0 fully saturated rings. The van der Waals surface area contributed by atoms with Crippen LogP contribution in [0.5, 0.6) is 0 Å². The molecule has 24 heavy (non-hydrogen) atoms. The maximum atomic E-state index is 8.78. The molecular weight excluding hydrogens is 300 g/mol. The van der Waals surface area contributed by atoms with Crippen LogP contribution in [0.25, 0.3) is 0 Å². The first kappa shape index (κ1) is 23.6. The molecule has 0 radical (unpaired) electrons. The van der Waals surface area contributed by atoms with E-state index in [2.05, 4.69) is 19.9 Å². The molecule has 0 amide bonds. The Bertz CT molecular complexity index is 237. The summed E-state index contributed by atoms with van der Waals surface area (Å²) in [7, 11) is 0. The quantitative estimate of drug-likeness (QED) is 0.178. The third kappa shape index (κ3) is 18.0. The van der Waals surface area contributed by atoms with E-state index in [-0.39, 0.29) is 12.9 Å². The molecule has 0 spiro atoms. The molecule has 0 heterocycles. The van der Waals surface area contributed by atoms with Gasteiger partial charge in [-0.15, -0.1) is 0 Å². The molecule has 0 saturated carbocycles. The second-order valence-electron chi connectivity index (χ2n) is 6.56. The zero-order valence-electron chi connectivity index (χ0n) is 16.3. The topological polar surface area (TPSA) is 38.7 Å². The number of unbranched alkanes of at least 4 members (excludes halogenated alkanes) is 8. The maximum Gasteiger partial charge on any atom is 0.157 e. The van der Waals surface area contributed by atoms with E-state index in [9.17, 15) is 0 Å². The normalized spacial score (nSPS) is 11.8. The van der Waals surface area contributed by atoms with Crippen LogP contribution in [0.4, 0.5) is 0 Å². The van der Waals surface area contributed by atoms with Crippen molar-refractivity contribution in [2.75, 3.05) is 19.8 Å². The van der Waals surface area contributed by atoms with E-state index in [0.717, 1.165) is 45.3 Å². The highest BCUT2D eigenvalue weighted by atomic mass is 16.7. The lowest BCUT2D eigenvalue weighted by molar-refractivity contribution is -0.146. The largest absolute Gasteiger partial charge is 0.396 e. The van der Waals surface area contributed by atoms with Crippen molar-refractivity contribution < 1.29 is 14.6 Å². The van der Waals surface area contributed by atoms with Gasteiger partial charge in [0.2, 0.25) is 0 Å². The third-order valence-electron chi connectivity index (χ3n) is 4.13. The minimum Gasteiger partial charge on any atom is -0.396 e. The molecule has 144 valence electrons. The van der Waals surface area contributed by atoms with Crippen molar-refractivity contribution in [3.63, 3.8) is 0 Å². The van der Waals surface area contributed by atoms with Crippen LogP contribution in [-0.4, -0.2) is 31.2 Å². The number of aliphatic hydroxyl groups is 1. The molecule has 0 rings (SSSR count). The van der Waals surface area contributed by atoms with Crippen LogP contribution in [0.3, 0.4) is 0 Å². The lowest BCUT2D eigenvalue weighted by Gasteiger charge is -2.18. The minimum atomic E-state index is -0.0684. The fourth-order valence-corrected chi connectivity index (χ4v) is 2.60. The summed E-state index contributed by atoms with van der Waals surface area (Å²) in [5.74, 6) is 0. The fourth-order valence-electron chi connectivity index (χ4n) is 2.60. The number of aliphatic hydroxyl groups excluding tert-OH is 1. The summed E-state index contributed by atoms with van der Waals surface area (Å²) in [4.78, 5) is 0. The lowest BCUT2D eigenvalue weighted by Crippen LogP contribution is -2.18. The van der Waals surface area contributed by atoms with Crippen LogP contribution in [0.2, 0.25) is 0 Å². The van der Waals surface area contributed by atoms with E-state index >= 15 is 0 Å². The van der Waals surface area contributed by atoms with E-state index in [0.29, 0.717) is 0 Å². The third-order valence-corrected chi connectivity index (χ3v) is 4.13. The van der Waals surface area contributed by atoms with Gasteiger partial charge in [0.1, 0.15) is 0 Å². The van der Waals surface area contributed by atoms with E-state index in [1.54, 1.807) is 0 Å². The molecule has 0 saturated heterocycles. The van der Waals surface area contributed by atoms with Crippen LogP contribution >= 0.6 is 0 Å². The average molecular weight is 343 g/mol. The van der Waals surface area contributed by atoms with Gasteiger partial charge in [-0.3, -0.25) is 0 Å². The van der Waals surface area contributed by atoms with Gasteiger partial charge in [-0.2, -0.15) is 0 Å². The Morgan fingerprint density at radius 2 is 1.21 bits per heavy atom. The maximum absolute atomic E-state index is 8.78. The summed E-state index contributed by atoms with van der Waals surface area (Å²) in [6, 6.07) is 0. The second kappa shape index (κ2) is 20.7. The van der Waals surface area contributed by atoms with E-state index in [1.807, 2.05) is 6.08 Å². The van der Waals surface area contributed by atoms with Crippen LogP contribution in [0.15, 0.2) is 12.2 Å². The van der Waals surface area contributed by atoms with E-state index in [1.165, 1.54) is 51.4 Å². The van der Waals surface area contributed by atoms with Crippen LogP contribution in [0.1, 0.15) is 97.3 Å². The number of ether oxygens (including phenoxy) is 2. The molecule has 0 atom stereocenters. The van der Waals surface area contributed by atoms with Gasteiger partial charge in [0, 0.05) is 26.2 Å². The monoisotopic (exact) mass is 342 g/mol. The summed E-state index contributed by atoms with van der Waals surface area (Å²) < 4.78 is 11.9. The Morgan fingerprint density at radius 3 is 1.71 bits per heavy atom.